The molecular weight excluding hydrogens is 306 g/mol. The highest BCUT2D eigenvalue weighted by atomic mass is 16.5. The smallest absolute Gasteiger partial charge is 0.321 e. The van der Waals surface area contributed by atoms with Crippen molar-refractivity contribution in [1.29, 1.82) is 0 Å². The maximum atomic E-state index is 12.4. The number of amides is 3. The summed E-state index contributed by atoms with van der Waals surface area (Å²) in [5.41, 5.74) is 1.36. The van der Waals surface area contributed by atoms with Gasteiger partial charge in [0, 0.05) is 37.4 Å². The third kappa shape index (κ3) is 4.06. The topological polar surface area (TPSA) is 61.9 Å². The zero-order valence-electron chi connectivity index (χ0n) is 14.2. The van der Waals surface area contributed by atoms with Crippen LogP contribution >= 0.6 is 0 Å². The van der Waals surface area contributed by atoms with Crippen molar-refractivity contribution >= 4 is 17.6 Å². The highest BCUT2D eigenvalue weighted by molar-refractivity contribution is 5.95. The molecule has 0 aliphatic carbocycles. The van der Waals surface area contributed by atoms with Gasteiger partial charge >= 0.3 is 6.03 Å². The third-order valence-corrected chi connectivity index (χ3v) is 4.63. The van der Waals surface area contributed by atoms with Crippen LogP contribution in [0, 0.1) is 5.92 Å². The molecule has 0 saturated carbocycles. The Hall–Kier alpha value is -2.08. The van der Waals surface area contributed by atoms with Gasteiger partial charge in [-0.1, -0.05) is 6.92 Å². The van der Waals surface area contributed by atoms with Crippen LogP contribution in [-0.4, -0.2) is 61.1 Å². The SMILES string of the molecule is C[C@@H]1CCCN(C(=O)Nc2ccc(C(=O)N3CCOCC3)cc2)C1. The van der Waals surface area contributed by atoms with Gasteiger partial charge in [-0.05, 0) is 43.0 Å². The number of likely N-dealkylation sites (tertiary alicyclic amines) is 1. The number of rotatable bonds is 2. The van der Waals surface area contributed by atoms with Gasteiger partial charge in [-0.2, -0.15) is 0 Å². The summed E-state index contributed by atoms with van der Waals surface area (Å²) in [7, 11) is 0. The van der Waals surface area contributed by atoms with E-state index in [1.54, 1.807) is 29.2 Å². The van der Waals surface area contributed by atoms with Crippen LogP contribution in [0.4, 0.5) is 10.5 Å². The van der Waals surface area contributed by atoms with Crippen molar-refractivity contribution in [3.8, 4) is 0 Å². The lowest BCUT2D eigenvalue weighted by molar-refractivity contribution is 0.0303. The van der Waals surface area contributed by atoms with E-state index in [9.17, 15) is 9.59 Å². The molecule has 3 rings (SSSR count). The molecule has 0 aromatic heterocycles. The van der Waals surface area contributed by atoms with E-state index in [1.165, 1.54) is 6.42 Å². The Morgan fingerprint density at radius 2 is 1.79 bits per heavy atom. The number of carbonyl (C=O) groups excluding carboxylic acids is 2. The number of carbonyl (C=O) groups is 2. The number of nitrogens with zero attached hydrogens (tertiary/aromatic N) is 2. The van der Waals surface area contributed by atoms with E-state index < -0.39 is 0 Å². The monoisotopic (exact) mass is 331 g/mol. The normalized spacial score (nSPS) is 21.5. The molecule has 0 unspecified atom stereocenters. The predicted octanol–water partition coefficient (Wildman–Crippen LogP) is 2.42. The molecule has 2 saturated heterocycles. The molecule has 6 nitrogen and oxygen atoms in total. The molecule has 0 radical (unpaired) electrons. The fraction of sp³-hybridized carbons (Fsp3) is 0.556. The lowest BCUT2D eigenvalue weighted by Crippen LogP contribution is -2.41. The van der Waals surface area contributed by atoms with Gasteiger partial charge in [0.2, 0.25) is 0 Å². The predicted molar refractivity (Wildman–Crippen MR) is 92.2 cm³/mol. The summed E-state index contributed by atoms with van der Waals surface area (Å²) in [6, 6.07) is 7.06. The largest absolute Gasteiger partial charge is 0.378 e. The summed E-state index contributed by atoms with van der Waals surface area (Å²) in [6.07, 6.45) is 2.24. The molecule has 1 aromatic carbocycles. The lowest BCUT2D eigenvalue weighted by Gasteiger charge is -2.31. The van der Waals surface area contributed by atoms with Crippen LogP contribution in [0.25, 0.3) is 0 Å². The zero-order valence-corrected chi connectivity index (χ0v) is 14.2. The quantitative estimate of drug-likeness (QED) is 0.905. The van der Waals surface area contributed by atoms with Crippen LogP contribution in [0.1, 0.15) is 30.1 Å². The Balaban J connectivity index is 1.57. The maximum absolute atomic E-state index is 12.4. The Kier molecular flexibility index (Phi) is 5.35. The molecule has 24 heavy (non-hydrogen) atoms. The minimum atomic E-state index is -0.0613. The first-order valence-electron chi connectivity index (χ1n) is 8.66. The maximum Gasteiger partial charge on any atom is 0.321 e. The van der Waals surface area contributed by atoms with Crippen LogP contribution in [-0.2, 0) is 4.74 Å². The molecular formula is C18H25N3O3. The number of anilines is 1. The minimum Gasteiger partial charge on any atom is -0.378 e. The van der Waals surface area contributed by atoms with Gasteiger partial charge in [-0.3, -0.25) is 4.79 Å². The number of hydrogen-bond acceptors (Lipinski definition) is 3. The van der Waals surface area contributed by atoms with E-state index in [4.69, 9.17) is 4.74 Å². The minimum absolute atomic E-state index is 0.0148. The number of piperidine rings is 1. The first-order chi connectivity index (χ1) is 11.6. The molecule has 1 aromatic rings. The molecule has 2 aliphatic rings. The van der Waals surface area contributed by atoms with Gasteiger partial charge in [0.1, 0.15) is 0 Å². The van der Waals surface area contributed by atoms with Crippen molar-refractivity contribution in [2.45, 2.75) is 19.8 Å². The van der Waals surface area contributed by atoms with E-state index in [-0.39, 0.29) is 11.9 Å². The highest BCUT2D eigenvalue weighted by Crippen LogP contribution is 2.18. The second-order valence-corrected chi connectivity index (χ2v) is 6.61. The molecule has 130 valence electrons. The molecule has 0 spiro atoms. The highest BCUT2D eigenvalue weighted by Gasteiger charge is 2.21. The van der Waals surface area contributed by atoms with Gasteiger partial charge < -0.3 is 19.9 Å². The number of benzene rings is 1. The molecule has 0 bridgehead atoms. The Morgan fingerprint density at radius 3 is 2.46 bits per heavy atom. The molecule has 6 heteroatoms. The summed E-state index contributed by atoms with van der Waals surface area (Å²) in [6.45, 7) is 6.23. The van der Waals surface area contributed by atoms with E-state index in [0.717, 1.165) is 25.2 Å². The average molecular weight is 331 g/mol. The molecule has 2 fully saturated rings. The fourth-order valence-electron chi connectivity index (χ4n) is 3.22. The van der Waals surface area contributed by atoms with Gasteiger partial charge in [0.25, 0.3) is 5.91 Å². The van der Waals surface area contributed by atoms with Crippen molar-refractivity contribution in [2.75, 3.05) is 44.7 Å². The summed E-state index contributed by atoms with van der Waals surface area (Å²) in [5.74, 6) is 0.569. The zero-order chi connectivity index (χ0) is 16.9. The lowest BCUT2D eigenvalue weighted by atomic mass is 10.0. The summed E-state index contributed by atoms with van der Waals surface area (Å²) in [5, 5.41) is 2.92. The fourth-order valence-corrected chi connectivity index (χ4v) is 3.22. The van der Waals surface area contributed by atoms with Crippen LogP contribution < -0.4 is 5.32 Å². The number of ether oxygens (including phenoxy) is 1. The summed E-state index contributed by atoms with van der Waals surface area (Å²) < 4.78 is 5.27. The first-order valence-corrected chi connectivity index (χ1v) is 8.66. The van der Waals surface area contributed by atoms with Gasteiger partial charge in [-0.15, -0.1) is 0 Å². The van der Waals surface area contributed by atoms with Crippen LogP contribution in [0.2, 0.25) is 0 Å². The van der Waals surface area contributed by atoms with Crippen LogP contribution in [0.5, 0.6) is 0 Å². The molecule has 1 N–H and O–H groups in total. The summed E-state index contributed by atoms with van der Waals surface area (Å²) in [4.78, 5) is 28.4. The Labute approximate surface area is 142 Å². The van der Waals surface area contributed by atoms with Crippen molar-refractivity contribution in [1.82, 2.24) is 9.80 Å². The van der Waals surface area contributed by atoms with Crippen molar-refractivity contribution in [3.63, 3.8) is 0 Å². The van der Waals surface area contributed by atoms with E-state index in [1.807, 2.05) is 4.90 Å². The van der Waals surface area contributed by atoms with Gasteiger partial charge in [0.15, 0.2) is 0 Å². The van der Waals surface area contributed by atoms with Crippen molar-refractivity contribution in [2.24, 2.45) is 5.92 Å². The number of urea groups is 1. The Bertz CT molecular complexity index is 582. The van der Waals surface area contributed by atoms with Gasteiger partial charge in [-0.25, -0.2) is 4.79 Å². The second kappa shape index (κ2) is 7.66. The van der Waals surface area contributed by atoms with E-state index >= 15 is 0 Å². The van der Waals surface area contributed by atoms with E-state index in [0.29, 0.717) is 37.8 Å². The number of nitrogens with one attached hydrogen (secondary N) is 1. The Morgan fingerprint density at radius 1 is 1.08 bits per heavy atom. The van der Waals surface area contributed by atoms with Crippen LogP contribution in [0.3, 0.4) is 0 Å². The number of hydrogen-bond donors (Lipinski definition) is 1. The first kappa shape index (κ1) is 16.8. The number of morpholine rings is 1. The standard InChI is InChI=1S/C18H25N3O3/c1-14-3-2-8-21(13-14)18(23)19-16-6-4-15(5-7-16)17(22)20-9-11-24-12-10-20/h4-7,14H,2-3,8-13H2,1H3,(H,19,23)/t14-/m1/s1. The third-order valence-electron chi connectivity index (χ3n) is 4.63. The van der Waals surface area contributed by atoms with Crippen molar-refractivity contribution in [3.05, 3.63) is 29.8 Å². The molecule has 2 heterocycles. The average Bonchev–Trinajstić information content (AvgIpc) is 2.62. The van der Waals surface area contributed by atoms with Crippen molar-refractivity contribution < 1.29 is 14.3 Å². The second-order valence-electron chi connectivity index (χ2n) is 6.61. The summed E-state index contributed by atoms with van der Waals surface area (Å²) >= 11 is 0. The van der Waals surface area contributed by atoms with Crippen LogP contribution in [0.15, 0.2) is 24.3 Å². The molecule has 3 amide bonds. The van der Waals surface area contributed by atoms with E-state index in [2.05, 4.69) is 12.2 Å². The van der Waals surface area contributed by atoms with Gasteiger partial charge in [0.05, 0.1) is 13.2 Å². The molecule has 2 aliphatic heterocycles. The molecule has 1 atom stereocenters.